The van der Waals surface area contributed by atoms with Crippen LogP contribution >= 0.6 is 0 Å². The zero-order valence-electron chi connectivity index (χ0n) is 5.20. The monoisotopic (exact) mass is 401 g/mol. The fourth-order valence-electron chi connectivity index (χ4n) is 0.391. The summed E-state index contributed by atoms with van der Waals surface area (Å²) < 4.78 is 23.8. The van der Waals surface area contributed by atoms with Crippen molar-refractivity contribution in [2.45, 2.75) is 0 Å². The minimum atomic E-state index is -0.854. The molecular formula is C6H5BhF2O-. The predicted molar refractivity (Wildman–Crippen MR) is 28.8 cm³/mol. The van der Waals surface area contributed by atoms with Crippen LogP contribution in [0.4, 0.5) is 8.78 Å². The van der Waals surface area contributed by atoms with Gasteiger partial charge in [-0.25, -0.2) is 4.39 Å². The van der Waals surface area contributed by atoms with Gasteiger partial charge in [-0.15, -0.1) is 12.1 Å². The third-order valence-electron chi connectivity index (χ3n) is 0.764. The van der Waals surface area contributed by atoms with Crippen LogP contribution in [0.5, 0.6) is 0 Å². The zero-order valence-corrected chi connectivity index (χ0v) is 11.7. The van der Waals surface area contributed by atoms with Crippen LogP contribution < -0.4 is 0 Å². The predicted octanol–water partition coefficient (Wildman–Crippen LogP) is 0.940. The number of hydrogen-bond donors (Lipinski definition) is 0. The summed E-state index contributed by atoms with van der Waals surface area (Å²) in [5, 5.41) is 0. The van der Waals surface area contributed by atoms with Crippen molar-refractivity contribution in [1.82, 2.24) is 0 Å². The fraction of sp³-hybridized carbons (Fsp3) is 0. The van der Waals surface area contributed by atoms with Crippen LogP contribution in [0.25, 0.3) is 0 Å². The minimum absolute atomic E-state index is 0. The van der Waals surface area contributed by atoms with E-state index < -0.39 is 11.6 Å². The molecule has 4 heteroatoms. The van der Waals surface area contributed by atoms with Crippen LogP contribution in [-0.2, 0) is 0 Å². The maximum absolute atomic E-state index is 11.9. The minimum Gasteiger partial charge on any atom is -0.412 e. The molecule has 1 rings (SSSR count). The zero-order chi connectivity index (χ0) is 5.98. The van der Waals surface area contributed by atoms with Crippen molar-refractivity contribution in [3.05, 3.63) is 35.9 Å². The van der Waals surface area contributed by atoms with Gasteiger partial charge in [0, 0.05) is 11.6 Å². The largest absolute Gasteiger partial charge is 0.412 e. The summed E-state index contributed by atoms with van der Waals surface area (Å²) in [6.45, 7) is 0. The van der Waals surface area contributed by atoms with Gasteiger partial charge >= 0.3 is 0 Å². The first-order valence-corrected chi connectivity index (χ1v) is 2.12. The molecule has 52 valence electrons. The van der Waals surface area contributed by atoms with E-state index in [0.717, 1.165) is 12.1 Å². The molecule has 10 heavy (non-hydrogen) atoms. The molecule has 0 heterocycles. The average Bonchev–Trinajstić information content (AvgIpc) is 1.77. The summed E-state index contributed by atoms with van der Waals surface area (Å²) in [6.07, 6.45) is 0. The van der Waals surface area contributed by atoms with Crippen molar-refractivity contribution in [3.8, 4) is 0 Å². The Kier molecular flexibility index (Phi) is 4.34. The third-order valence-corrected chi connectivity index (χ3v) is 0.764. The molecule has 0 bridgehead atoms. The van der Waals surface area contributed by atoms with Gasteiger partial charge in [-0.05, 0) is 0 Å². The molecule has 2 N–H and O–H groups in total. The van der Waals surface area contributed by atoms with Crippen LogP contribution in [-0.4, -0.2) is 5.48 Å². The SMILES string of the molecule is Fc1c[c-]ccc1F.O.[Bh]. The van der Waals surface area contributed by atoms with E-state index in [4.69, 9.17) is 0 Å². The molecule has 1 nitrogen and oxygen atoms in total. The molecule has 0 fully saturated rings. The molecule has 0 aliphatic heterocycles. The maximum Gasteiger partial charge on any atom is 0.0494 e. The van der Waals surface area contributed by atoms with Crippen molar-refractivity contribution in [2.75, 3.05) is 0 Å². The Morgan fingerprint density at radius 3 is 2.10 bits per heavy atom. The number of hydrogen-bond acceptors (Lipinski definition) is 0. The fourth-order valence-corrected chi connectivity index (χ4v) is 0.391. The summed E-state index contributed by atoms with van der Waals surface area (Å²) in [5.41, 5.74) is 0. The van der Waals surface area contributed by atoms with Gasteiger partial charge in [0.2, 0.25) is 0 Å². The van der Waals surface area contributed by atoms with Crippen molar-refractivity contribution in [2.24, 2.45) is 0 Å². The molecule has 0 amide bonds. The van der Waals surface area contributed by atoms with Crippen molar-refractivity contribution < 1.29 is 14.3 Å². The molecule has 0 aromatic heterocycles. The van der Waals surface area contributed by atoms with E-state index in [1.54, 1.807) is 0 Å². The molecule has 0 saturated heterocycles. The maximum atomic E-state index is 11.9. The van der Waals surface area contributed by atoms with Crippen molar-refractivity contribution in [1.29, 1.82) is 0 Å². The molecule has 0 atom stereocenters. The standard InChI is InChI=1S/C6H3F2.Bh.H2O/c7-5-3-1-2-4-6(5)8;;/h1,3-4H;;1H2/q-1;;. The smallest absolute Gasteiger partial charge is 0.0494 e. The molecule has 0 aliphatic rings. The van der Waals surface area contributed by atoms with Gasteiger partial charge in [0.15, 0.2) is 0 Å². The molecule has 0 spiro atoms. The quantitative estimate of drug-likeness (QED) is 0.580. The van der Waals surface area contributed by atoms with Gasteiger partial charge < -0.3 is 5.48 Å². The van der Waals surface area contributed by atoms with E-state index in [0.29, 0.717) is 0 Å². The first-order valence-electron chi connectivity index (χ1n) is 2.12. The van der Waals surface area contributed by atoms with E-state index in [1.165, 1.54) is 6.07 Å². The first kappa shape index (κ1) is 10.9. The van der Waals surface area contributed by atoms with E-state index >= 15 is 0 Å². The molecule has 1 aromatic rings. The summed E-state index contributed by atoms with van der Waals surface area (Å²) in [5.74, 6) is -1.68. The second kappa shape index (κ2) is 3.97. The Morgan fingerprint density at radius 1 is 1.20 bits per heavy atom. The Morgan fingerprint density at radius 2 is 1.80 bits per heavy atom. The van der Waals surface area contributed by atoms with Gasteiger partial charge in [0.25, 0.3) is 0 Å². The topological polar surface area (TPSA) is 31.5 Å². The van der Waals surface area contributed by atoms with Gasteiger partial charge in [0.05, 0.1) is 0 Å². The van der Waals surface area contributed by atoms with E-state index in [1.807, 2.05) is 0 Å². The van der Waals surface area contributed by atoms with E-state index in [9.17, 15) is 8.78 Å². The van der Waals surface area contributed by atoms with Crippen molar-refractivity contribution in [3.63, 3.8) is 0 Å². The van der Waals surface area contributed by atoms with Crippen LogP contribution in [0.15, 0.2) is 18.2 Å². The third kappa shape index (κ3) is 1.88. The summed E-state index contributed by atoms with van der Waals surface area (Å²) in [4.78, 5) is 0. The van der Waals surface area contributed by atoms with Gasteiger partial charge in [0.1, 0.15) is 0 Å². The second-order valence-corrected chi connectivity index (χ2v) is 1.34. The van der Waals surface area contributed by atoms with Gasteiger partial charge in [-0.1, -0.05) is 0 Å². The van der Waals surface area contributed by atoms with Crippen LogP contribution in [0.2, 0.25) is 0 Å². The second-order valence-electron chi connectivity index (χ2n) is 1.34. The summed E-state index contributed by atoms with van der Waals surface area (Å²) in [6, 6.07) is 5.68. The average molecular weight is 401 g/mol. The Bertz CT molecular complexity index is 172. The Hall–Kier alpha value is -1.96. The number of rotatable bonds is 0. The first-order chi connectivity index (χ1) is 3.80. The number of benzene rings is 1. The molecule has 0 radical (unpaired) electrons. The van der Waals surface area contributed by atoms with Crippen molar-refractivity contribution >= 4 is 0 Å². The number of halogens is 2. The normalized spacial score (nSPS) is 7.40. The molecule has 0 saturated carbocycles. The molecular weight excluding hydrogens is 396 g/mol. The Balaban J connectivity index is 0. The molecule has 0 aliphatic carbocycles. The summed E-state index contributed by atoms with van der Waals surface area (Å²) in [7, 11) is 0. The van der Waals surface area contributed by atoms with Crippen LogP contribution in [0, 0.1) is 17.7 Å². The molecule has 1 aromatic carbocycles. The molecule has 0 unspecified atom stereocenters. The van der Waals surface area contributed by atoms with Crippen LogP contribution in [0.3, 0.4) is 0 Å². The van der Waals surface area contributed by atoms with Gasteiger partial charge in [-0.3, -0.25) is 4.39 Å². The van der Waals surface area contributed by atoms with E-state index in [2.05, 4.69) is 6.07 Å². The van der Waals surface area contributed by atoms with E-state index in [-0.39, 0.29) is 5.48 Å². The Labute approximate surface area is 51.2 Å². The summed E-state index contributed by atoms with van der Waals surface area (Å²) >= 11 is 0. The van der Waals surface area contributed by atoms with Gasteiger partial charge in [-0.2, -0.15) is 12.1 Å². The van der Waals surface area contributed by atoms with Crippen LogP contribution in [0.1, 0.15) is 0 Å².